The van der Waals surface area contributed by atoms with Gasteiger partial charge in [0.05, 0.1) is 6.61 Å². The number of halogens is 8. The van der Waals surface area contributed by atoms with Crippen LogP contribution in [-0.2, 0) is 11.3 Å². The summed E-state index contributed by atoms with van der Waals surface area (Å²) in [6.07, 6.45) is -11.4. The molecule has 0 amide bonds. The molecule has 0 aromatic heterocycles. The van der Waals surface area contributed by atoms with E-state index >= 15 is 0 Å². The maximum absolute atomic E-state index is 13.3. The van der Waals surface area contributed by atoms with E-state index in [2.05, 4.69) is 4.74 Å². The van der Waals surface area contributed by atoms with Crippen LogP contribution in [0.15, 0.2) is 18.2 Å². The topological polar surface area (TPSA) is 9.23 Å². The summed E-state index contributed by atoms with van der Waals surface area (Å²) < 4.78 is 92.4. The fourth-order valence-electron chi connectivity index (χ4n) is 1.21. The highest BCUT2D eigenvalue weighted by Crippen LogP contribution is 2.46. The Morgan fingerprint density at radius 1 is 1.05 bits per heavy atom. The lowest BCUT2D eigenvalue weighted by Crippen LogP contribution is -2.56. The summed E-state index contributed by atoms with van der Waals surface area (Å²) in [5, 5.41) is -0.323. The van der Waals surface area contributed by atoms with Crippen LogP contribution in [0.1, 0.15) is 12.5 Å². The zero-order valence-electron chi connectivity index (χ0n) is 9.87. The molecular weight excluding hydrogens is 317 g/mol. The summed E-state index contributed by atoms with van der Waals surface area (Å²) in [4.78, 5) is 0. The summed E-state index contributed by atoms with van der Waals surface area (Å²) in [6, 6.07) is 3.14. The summed E-state index contributed by atoms with van der Waals surface area (Å²) in [6.45, 7) is -1.43. The first-order valence-corrected chi connectivity index (χ1v) is 5.48. The largest absolute Gasteiger partial charge is 0.426 e. The van der Waals surface area contributed by atoms with Crippen molar-refractivity contribution in [3.63, 3.8) is 0 Å². The smallest absolute Gasteiger partial charge is 0.353 e. The summed E-state index contributed by atoms with van der Waals surface area (Å²) in [5.41, 5.74) is -4.99. The number of rotatable bonds is 3. The van der Waals surface area contributed by atoms with Crippen molar-refractivity contribution in [2.45, 2.75) is 31.5 Å². The summed E-state index contributed by atoms with van der Waals surface area (Å²) in [5.74, 6) is -1.05. The van der Waals surface area contributed by atoms with Crippen LogP contribution in [0.5, 0.6) is 0 Å². The molecular formula is C11H8ClF7O. The number of ether oxygens (including phenoxy) is 1. The fraction of sp³-hybridized carbons (Fsp3) is 0.455. The first-order chi connectivity index (χ1) is 8.90. The monoisotopic (exact) mass is 324 g/mol. The molecule has 0 spiro atoms. The molecule has 0 bridgehead atoms. The van der Waals surface area contributed by atoms with Gasteiger partial charge in [-0.2, -0.15) is 26.3 Å². The zero-order chi connectivity index (χ0) is 15.8. The summed E-state index contributed by atoms with van der Waals surface area (Å²) >= 11 is 5.50. The molecule has 1 aromatic carbocycles. The molecule has 20 heavy (non-hydrogen) atoms. The number of hydrogen-bond donors (Lipinski definition) is 0. The van der Waals surface area contributed by atoms with Gasteiger partial charge in [-0.25, -0.2) is 4.39 Å². The number of alkyl halides is 6. The van der Waals surface area contributed by atoms with Crippen LogP contribution in [0.2, 0.25) is 5.02 Å². The normalized spacial score (nSPS) is 13.7. The van der Waals surface area contributed by atoms with E-state index in [4.69, 9.17) is 11.6 Å². The minimum Gasteiger partial charge on any atom is -0.353 e. The van der Waals surface area contributed by atoms with E-state index in [0.29, 0.717) is 0 Å². The molecule has 0 aliphatic rings. The lowest BCUT2D eigenvalue weighted by Gasteiger charge is -2.33. The molecule has 0 aliphatic heterocycles. The Balaban J connectivity index is 3.06. The van der Waals surface area contributed by atoms with Crippen molar-refractivity contribution in [1.82, 2.24) is 0 Å². The van der Waals surface area contributed by atoms with E-state index in [1.54, 1.807) is 0 Å². The van der Waals surface area contributed by atoms with Crippen LogP contribution >= 0.6 is 11.6 Å². The lowest BCUT2D eigenvalue weighted by molar-refractivity contribution is -0.377. The first-order valence-electron chi connectivity index (χ1n) is 5.10. The van der Waals surface area contributed by atoms with E-state index in [1.807, 2.05) is 0 Å². The van der Waals surface area contributed by atoms with Gasteiger partial charge >= 0.3 is 12.4 Å². The quantitative estimate of drug-likeness (QED) is 0.720. The lowest BCUT2D eigenvalue weighted by atomic mass is 10.1. The average molecular weight is 325 g/mol. The van der Waals surface area contributed by atoms with E-state index < -0.39 is 35.9 Å². The van der Waals surface area contributed by atoms with Crippen molar-refractivity contribution in [3.05, 3.63) is 34.6 Å². The Labute approximate surface area is 114 Å². The molecule has 1 nitrogen and oxygen atoms in total. The second kappa shape index (κ2) is 5.40. The molecule has 0 saturated carbocycles. The highest BCUT2D eigenvalue weighted by molar-refractivity contribution is 6.31. The van der Waals surface area contributed by atoms with Gasteiger partial charge in [0.15, 0.2) is 0 Å². The van der Waals surface area contributed by atoms with Crippen LogP contribution < -0.4 is 0 Å². The van der Waals surface area contributed by atoms with E-state index in [1.165, 1.54) is 0 Å². The van der Waals surface area contributed by atoms with Crippen molar-refractivity contribution in [3.8, 4) is 0 Å². The van der Waals surface area contributed by atoms with Gasteiger partial charge in [-0.3, -0.25) is 0 Å². The van der Waals surface area contributed by atoms with Gasteiger partial charge < -0.3 is 4.74 Å². The van der Waals surface area contributed by atoms with Crippen LogP contribution in [0, 0.1) is 5.82 Å². The van der Waals surface area contributed by atoms with Crippen LogP contribution in [-0.4, -0.2) is 18.0 Å². The molecule has 0 unspecified atom stereocenters. The van der Waals surface area contributed by atoms with Gasteiger partial charge in [0.25, 0.3) is 5.60 Å². The third kappa shape index (κ3) is 3.17. The number of hydrogen-bond acceptors (Lipinski definition) is 1. The van der Waals surface area contributed by atoms with Crippen LogP contribution in [0.4, 0.5) is 30.7 Å². The Bertz CT molecular complexity index is 446. The van der Waals surface area contributed by atoms with Crippen LogP contribution in [0.25, 0.3) is 0 Å². The first kappa shape index (κ1) is 17.0. The minimum atomic E-state index is -5.71. The van der Waals surface area contributed by atoms with Gasteiger partial charge in [0, 0.05) is 10.6 Å². The van der Waals surface area contributed by atoms with Crippen molar-refractivity contribution >= 4 is 11.6 Å². The molecule has 0 atom stereocenters. The third-order valence-corrected chi connectivity index (χ3v) is 3.00. The van der Waals surface area contributed by atoms with Gasteiger partial charge in [0.1, 0.15) is 5.82 Å². The Morgan fingerprint density at radius 3 is 1.95 bits per heavy atom. The van der Waals surface area contributed by atoms with Crippen molar-refractivity contribution in [2.24, 2.45) is 0 Å². The van der Waals surface area contributed by atoms with E-state index in [0.717, 1.165) is 18.2 Å². The van der Waals surface area contributed by atoms with E-state index in [9.17, 15) is 30.7 Å². The summed E-state index contributed by atoms with van der Waals surface area (Å²) in [7, 11) is 0. The van der Waals surface area contributed by atoms with Crippen molar-refractivity contribution < 1.29 is 35.5 Å². The second-order valence-corrected chi connectivity index (χ2v) is 4.42. The molecule has 9 heteroatoms. The van der Waals surface area contributed by atoms with Crippen molar-refractivity contribution in [1.29, 1.82) is 0 Å². The predicted molar refractivity (Wildman–Crippen MR) is 56.7 cm³/mol. The average Bonchev–Trinajstić information content (AvgIpc) is 2.24. The maximum Gasteiger partial charge on any atom is 0.426 e. The number of benzene rings is 1. The van der Waals surface area contributed by atoms with E-state index in [-0.39, 0.29) is 11.9 Å². The van der Waals surface area contributed by atoms with Gasteiger partial charge in [-0.05, 0) is 19.1 Å². The minimum absolute atomic E-state index is 0.165. The third-order valence-electron chi connectivity index (χ3n) is 2.65. The van der Waals surface area contributed by atoms with Gasteiger partial charge in [-0.1, -0.05) is 17.7 Å². The molecule has 1 rings (SSSR count). The molecule has 0 heterocycles. The molecule has 0 fully saturated rings. The molecule has 0 N–H and O–H groups in total. The van der Waals surface area contributed by atoms with Crippen LogP contribution in [0.3, 0.4) is 0 Å². The molecule has 114 valence electrons. The predicted octanol–water partition coefficient (Wildman–Crippen LogP) is 4.88. The standard InChI is InChI=1S/C11H8ClF7O/c1-9(10(14,15)16,11(17,18)19)20-5-6-7(12)3-2-4-8(6)13/h2-4H,5H2,1H3. The zero-order valence-corrected chi connectivity index (χ0v) is 10.6. The SMILES string of the molecule is CC(OCc1c(F)cccc1Cl)(C(F)(F)F)C(F)(F)F. The van der Waals surface area contributed by atoms with Gasteiger partial charge in [-0.15, -0.1) is 0 Å². The Hall–Kier alpha value is -1.02. The molecule has 0 saturated heterocycles. The molecule has 0 aliphatic carbocycles. The molecule has 0 radical (unpaired) electrons. The van der Waals surface area contributed by atoms with Crippen molar-refractivity contribution in [2.75, 3.05) is 0 Å². The highest BCUT2D eigenvalue weighted by Gasteiger charge is 2.69. The maximum atomic E-state index is 13.3. The Kier molecular flexibility index (Phi) is 4.60. The second-order valence-electron chi connectivity index (χ2n) is 4.02. The highest BCUT2D eigenvalue weighted by atomic mass is 35.5. The van der Waals surface area contributed by atoms with Gasteiger partial charge in [0.2, 0.25) is 0 Å². The fourth-order valence-corrected chi connectivity index (χ4v) is 1.43. The Morgan fingerprint density at radius 2 is 1.55 bits per heavy atom. The molecule has 1 aromatic rings.